The van der Waals surface area contributed by atoms with Crippen molar-refractivity contribution in [2.24, 2.45) is 5.41 Å². The second-order valence-corrected chi connectivity index (χ2v) is 5.90. The van der Waals surface area contributed by atoms with Crippen LogP contribution in [0.5, 0.6) is 0 Å². The monoisotopic (exact) mass is 494 g/mol. The van der Waals surface area contributed by atoms with Crippen molar-refractivity contribution >= 4 is 0 Å². The standard InChI is InChI=1S/C11H4F18O/c12-4(9(21,22)23,10(24,25)26)7(17)3(1-2-30-7,8(18,19)20)5(13,14)6(15,16)11(27,28)29/h1-2H2. The maximum absolute atomic E-state index is 14.6. The molecule has 0 aliphatic carbocycles. The predicted octanol–water partition coefficient (Wildman–Crippen LogP) is 6.29. The van der Waals surface area contributed by atoms with Crippen molar-refractivity contribution in [2.45, 2.75) is 54.5 Å². The fraction of sp³-hybridized carbons (Fsp3) is 1.00. The lowest BCUT2D eigenvalue weighted by Crippen LogP contribution is -2.79. The summed E-state index contributed by atoms with van der Waals surface area (Å²) in [4.78, 5) is 0. The first-order valence-corrected chi connectivity index (χ1v) is 6.75. The lowest BCUT2D eigenvalue weighted by molar-refractivity contribution is -0.488. The third-order valence-corrected chi connectivity index (χ3v) is 4.32. The van der Waals surface area contributed by atoms with Crippen LogP contribution in [0, 0.1) is 5.41 Å². The Morgan fingerprint density at radius 2 is 0.933 bits per heavy atom. The number of ether oxygens (including phenoxy) is 1. The van der Waals surface area contributed by atoms with Crippen molar-refractivity contribution < 1.29 is 83.8 Å². The summed E-state index contributed by atoms with van der Waals surface area (Å²) in [5.74, 6) is -23.8. The van der Waals surface area contributed by atoms with Crippen molar-refractivity contribution in [3.05, 3.63) is 0 Å². The molecule has 1 rings (SSSR count). The Bertz CT molecular complexity index is 637. The molecule has 0 spiro atoms. The van der Waals surface area contributed by atoms with Gasteiger partial charge in [0.2, 0.25) is 5.41 Å². The van der Waals surface area contributed by atoms with Crippen LogP contribution in [0.2, 0.25) is 0 Å². The summed E-state index contributed by atoms with van der Waals surface area (Å²) >= 11 is 0. The summed E-state index contributed by atoms with van der Waals surface area (Å²) in [5.41, 5.74) is -15.4. The van der Waals surface area contributed by atoms with E-state index >= 15 is 0 Å². The molecule has 0 saturated carbocycles. The van der Waals surface area contributed by atoms with Crippen LogP contribution in [0.1, 0.15) is 6.42 Å². The Labute approximate surface area is 151 Å². The van der Waals surface area contributed by atoms with Gasteiger partial charge in [0.1, 0.15) is 0 Å². The number of hydrogen-bond acceptors (Lipinski definition) is 1. The van der Waals surface area contributed by atoms with E-state index in [0.29, 0.717) is 0 Å². The maximum Gasteiger partial charge on any atom is 0.459 e. The van der Waals surface area contributed by atoms with Gasteiger partial charge in [-0.3, -0.25) is 0 Å². The molecular formula is C11H4F18O. The highest BCUT2D eigenvalue weighted by molar-refractivity contribution is 5.24. The van der Waals surface area contributed by atoms with E-state index in [9.17, 15) is 79.0 Å². The molecule has 0 radical (unpaired) electrons. The minimum Gasteiger partial charge on any atom is -0.342 e. The SMILES string of the molecule is FC(F)(F)C(F)(F)C(F)(F)C1(C(F)(F)F)CCOC1(F)C(F)(C(F)(F)F)C(F)(F)F. The van der Waals surface area contributed by atoms with Crippen LogP contribution < -0.4 is 0 Å². The molecule has 0 N–H and O–H groups in total. The van der Waals surface area contributed by atoms with Gasteiger partial charge in [-0.05, 0) is 6.42 Å². The lowest BCUT2D eigenvalue weighted by atomic mass is 9.65. The van der Waals surface area contributed by atoms with E-state index in [1.807, 2.05) is 0 Å². The fourth-order valence-corrected chi connectivity index (χ4v) is 2.85. The summed E-state index contributed by atoms with van der Waals surface area (Å²) in [6.07, 6.45) is -34.8. The quantitative estimate of drug-likeness (QED) is 0.420. The van der Waals surface area contributed by atoms with E-state index in [-0.39, 0.29) is 0 Å². The smallest absolute Gasteiger partial charge is 0.342 e. The van der Waals surface area contributed by atoms with Crippen LogP contribution in [0.3, 0.4) is 0 Å². The predicted molar refractivity (Wildman–Crippen MR) is 54.8 cm³/mol. The first kappa shape index (κ1) is 26.7. The molecule has 0 amide bonds. The molecule has 1 nitrogen and oxygen atoms in total. The van der Waals surface area contributed by atoms with Crippen molar-refractivity contribution in [2.75, 3.05) is 6.61 Å². The van der Waals surface area contributed by atoms with Crippen LogP contribution in [-0.4, -0.2) is 54.7 Å². The lowest BCUT2D eigenvalue weighted by Gasteiger charge is -2.51. The van der Waals surface area contributed by atoms with Gasteiger partial charge in [0, 0.05) is 0 Å². The Morgan fingerprint density at radius 1 is 0.567 bits per heavy atom. The molecule has 0 aromatic carbocycles. The summed E-state index contributed by atoms with van der Waals surface area (Å²) < 4.78 is 238. The molecular weight excluding hydrogens is 490 g/mol. The maximum atomic E-state index is 14.6. The van der Waals surface area contributed by atoms with Gasteiger partial charge in [-0.2, -0.15) is 70.2 Å². The third-order valence-electron chi connectivity index (χ3n) is 4.32. The van der Waals surface area contributed by atoms with Gasteiger partial charge in [0.05, 0.1) is 6.61 Å². The summed E-state index contributed by atoms with van der Waals surface area (Å²) in [7, 11) is 0. The second kappa shape index (κ2) is 6.36. The van der Waals surface area contributed by atoms with E-state index in [2.05, 4.69) is 4.74 Å². The van der Waals surface area contributed by atoms with Crippen molar-refractivity contribution in [1.29, 1.82) is 0 Å². The Balaban J connectivity index is 4.19. The highest BCUT2D eigenvalue weighted by Gasteiger charge is 3.00. The average molecular weight is 494 g/mol. The van der Waals surface area contributed by atoms with Gasteiger partial charge < -0.3 is 4.74 Å². The molecule has 1 saturated heterocycles. The zero-order valence-electron chi connectivity index (χ0n) is 13.1. The van der Waals surface area contributed by atoms with Crippen LogP contribution in [0.15, 0.2) is 0 Å². The van der Waals surface area contributed by atoms with Crippen LogP contribution >= 0.6 is 0 Å². The van der Waals surface area contributed by atoms with E-state index < -0.39 is 66.5 Å². The van der Waals surface area contributed by atoms with E-state index in [1.165, 1.54) is 0 Å². The minimum atomic E-state index is -8.16. The summed E-state index contributed by atoms with van der Waals surface area (Å²) in [6.45, 7) is -2.67. The molecule has 0 bridgehead atoms. The fourth-order valence-electron chi connectivity index (χ4n) is 2.85. The van der Waals surface area contributed by atoms with Gasteiger partial charge in [-0.15, -0.1) is 0 Å². The highest BCUT2D eigenvalue weighted by Crippen LogP contribution is 2.73. The summed E-state index contributed by atoms with van der Waals surface area (Å²) in [5, 5.41) is 0. The largest absolute Gasteiger partial charge is 0.459 e. The molecule has 0 aromatic heterocycles. The molecule has 1 fully saturated rings. The molecule has 0 aromatic rings. The molecule has 1 aliphatic heterocycles. The van der Waals surface area contributed by atoms with Crippen molar-refractivity contribution in [3.63, 3.8) is 0 Å². The average Bonchev–Trinajstić information content (AvgIpc) is 2.82. The molecule has 180 valence electrons. The Kier molecular flexibility index (Phi) is 5.67. The van der Waals surface area contributed by atoms with Gasteiger partial charge in [-0.25, -0.2) is 8.78 Å². The molecule has 1 aliphatic rings. The Morgan fingerprint density at radius 3 is 1.20 bits per heavy atom. The molecule has 30 heavy (non-hydrogen) atoms. The summed E-state index contributed by atoms with van der Waals surface area (Å²) in [6, 6.07) is 0. The number of halogens is 18. The molecule has 2 unspecified atom stereocenters. The van der Waals surface area contributed by atoms with Gasteiger partial charge in [0.15, 0.2) is 0 Å². The zero-order chi connectivity index (χ0) is 24.6. The minimum absolute atomic E-state index is 2.67. The van der Waals surface area contributed by atoms with Crippen LogP contribution in [-0.2, 0) is 4.74 Å². The number of hydrogen-bond donors (Lipinski definition) is 0. The van der Waals surface area contributed by atoms with Crippen molar-refractivity contribution in [3.8, 4) is 0 Å². The third kappa shape index (κ3) is 2.85. The Hall–Kier alpha value is -1.30. The molecule has 2 atom stereocenters. The topological polar surface area (TPSA) is 9.23 Å². The van der Waals surface area contributed by atoms with E-state index in [4.69, 9.17) is 0 Å². The van der Waals surface area contributed by atoms with Gasteiger partial charge >= 0.3 is 42.2 Å². The van der Waals surface area contributed by atoms with Crippen molar-refractivity contribution in [1.82, 2.24) is 0 Å². The molecule has 1 heterocycles. The second-order valence-electron chi connectivity index (χ2n) is 5.90. The van der Waals surface area contributed by atoms with Crippen LogP contribution in [0.4, 0.5) is 79.0 Å². The first-order valence-electron chi connectivity index (χ1n) is 6.75. The van der Waals surface area contributed by atoms with E-state index in [1.54, 1.807) is 0 Å². The van der Waals surface area contributed by atoms with Gasteiger partial charge in [-0.1, -0.05) is 0 Å². The highest BCUT2D eigenvalue weighted by atomic mass is 19.4. The zero-order valence-corrected chi connectivity index (χ0v) is 13.1. The number of rotatable bonds is 3. The number of alkyl halides is 18. The van der Waals surface area contributed by atoms with Crippen LogP contribution in [0.25, 0.3) is 0 Å². The van der Waals surface area contributed by atoms with E-state index in [0.717, 1.165) is 0 Å². The molecule has 19 heteroatoms. The normalized spacial score (nSPS) is 28.2. The first-order chi connectivity index (χ1) is 12.7. The van der Waals surface area contributed by atoms with Gasteiger partial charge in [0.25, 0.3) is 5.85 Å².